The van der Waals surface area contributed by atoms with Crippen molar-refractivity contribution in [1.29, 1.82) is 0 Å². The largest absolute Gasteiger partial charge is 0.573 e. The molecular formula is C75H72F3N25O6. The zero-order chi connectivity index (χ0) is 77.4. The minimum Gasteiger partial charge on any atom is -0.497 e. The van der Waals surface area contributed by atoms with Gasteiger partial charge in [0, 0.05) is 74.7 Å². The number of fused-ring (bicyclic) bond motifs is 5. The summed E-state index contributed by atoms with van der Waals surface area (Å²) in [6.45, 7) is 6.07. The van der Waals surface area contributed by atoms with E-state index in [-0.39, 0.29) is 23.5 Å². The maximum Gasteiger partial charge on any atom is 0.573 e. The molecule has 6 aromatic carbocycles. The summed E-state index contributed by atoms with van der Waals surface area (Å²) in [4.78, 5) is 52.4. The highest BCUT2D eigenvalue weighted by atomic mass is 19.4. The molecule has 0 saturated carbocycles. The zero-order valence-electron chi connectivity index (χ0n) is 60.4. The molecular weight excluding hydrogens is 1400 g/mol. The van der Waals surface area contributed by atoms with E-state index >= 15 is 0 Å². The molecule has 0 aliphatic carbocycles. The molecule has 0 aliphatic rings. The van der Waals surface area contributed by atoms with Crippen molar-refractivity contribution in [3.63, 3.8) is 0 Å². The standard InChI is InChI=1S/C19H17N5O.C15H17N5O.C14H15N5O2.C14H13N5O.C13H10F3N5O/c1-24-19-16(18(20)21-12-22-19)17(23-24)14-7-9-15(10-8-14)25-11-13-5-3-2-4-6-13;1-9(2)21-11-6-4-10(5-7-11)13-12-14(16)17-8-18-15(12)20(3)19-13;1-19-14-11(13(15)16-7-17-14)12(18-19)8-4-9(20-2)6-10(5-8)21-3;1-8(20)9-3-5-10(6-4-9)12-11-13(15)16-7-17-14(11)19(2)18-12;1-21-12-9(11(17)18-6-19-12)10(20-21)7-2-4-8(5-3-7)22-13(14,15)16/h2-10,12H,11H2,1H3,(H2,20,21,22);4-9H,1-3H3,(H2,16,17,18);4-7H,1-3H3,(H2,15,16,17);3-7H,1-2H3,(H2,15,16,17);2-6H,1H3,(H2,17,18,19). The Balaban J connectivity index is 0.000000127. The monoisotopic (exact) mass is 1480 g/mol. The smallest absolute Gasteiger partial charge is 0.497 e. The van der Waals surface area contributed by atoms with Gasteiger partial charge in [-0.15, -0.1) is 13.2 Å². The Bertz CT molecular complexity index is 5890. The van der Waals surface area contributed by atoms with Crippen LogP contribution < -0.4 is 52.4 Å². The number of nitrogen functional groups attached to an aromatic ring is 5. The molecule has 554 valence electrons. The lowest BCUT2D eigenvalue weighted by Crippen LogP contribution is -2.16. The molecule has 0 radical (unpaired) electrons. The highest BCUT2D eigenvalue weighted by Crippen LogP contribution is 2.38. The van der Waals surface area contributed by atoms with E-state index in [4.69, 9.17) is 47.6 Å². The van der Waals surface area contributed by atoms with Crippen LogP contribution in [0.3, 0.4) is 0 Å². The number of aromatic nitrogens is 20. The van der Waals surface area contributed by atoms with Gasteiger partial charge in [0.05, 0.1) is 47.3 Å². The lowest BCUT2D eigenvalue weighted by Gasteiger charge is -2.09. The van der Waals surface area contributed by atoms with E-state index in [1.807, 2.05) is 145 Å². The third kappa shape index (κ3) is 16.6. The normalized spacial score (nSPS) is 11.1. The topological polar surface area (TPSA) is 411 Å². The van der Waals surface area contributed by atoms with Crippen LogP contribution in [0.4, 0.5) is 42.3 Å². The molecule has 0 unspecified atom stereocenters. The molecule has 16 aromatic rings. The number of ketones is 1. The van der Waals surface area contributed by atoms with Crippen molar-refractivity contribution in [2.24, 2.45) is 35.2 Å². The summed E-state index contributed by atoms with van der Waals surface area (Å²) in [7, 11) is 12.2. The first-order valence-corrected chi connectivity index (χ1v) is 33.3. The van der Waals surface area contributed by atoms with Crippen LogP contribution in [0.15, 0.2) is 177 Å². The fourth-order valence-corrected chi connectivity index (χ4v) is 11.6. The minimum atomic E-state index is -4.72. The molecule has 0 atom stereocenters. The zero-order valence-corrected chi connectivity index (χ0v) is 60.4. The van der Waals surface area contributed by atoms with E-state index in [0.29, 0.717) is 91.9 Å². The molecule has 10 N–H and O–H groups in total. The van der Waals surface area contributed by atoms with Crippen LogP contribution in [0.1, 0.15) is 36.7 Å². The second kappa shape index (κ2) is 31.9. The number of anilines is 5. The average Bonchev–Trinajstić information content (AvgIpc) is 1.66. The molecule has 0 bridgehead atoms. The van der Waals surface area contributed by atoms with E-state index in [9.17, 15) is 18.0 Å². The molecule has 0 spiro atoms. The number of nitrogens with two attached hydrogens (primary N) is 5. The summed E-state index contributed by atoms with van der Waals surface area (Å²) in [6.07, 6.45) is 2.49. The van der Waals surface area contributed by atoms with Crippen molar-refractivity contribution in [2.75, 3.05) is 42.9 Å². The molecule has 0 fully saturated rings. The number of aryl methyl sites for hydroxylation is 5. The number of methoxy groups -OCH3 is 2. The van der Waals surface area contributed by atoms with E-state index in [1.54, 1.807) is 58.2 Å². The lowest BCUT2D eigenvalue weighted by atomic mass is 10.1. The van der Waals surface area contributed by atoms with Crippen molar-refractivity contribution in [3.05, 3.63) is 188 Å². The molecule has 16 rings (SSSR count). The van der Waals surface area contributed by atoms with Crippen LogP contribution in [-0.4, -0.2) is 131 Å². The maximum atomic E-state index is 12.2. The van der Waals surface area contributed by atoms with E-state index < -0.39 is 6.36 Å². The first-order chi connectivity index (χ1) is 52.3. The molecule has 31 nitrogen and oxygen atoms in total. The van der Waals surface area contributed by atoms with Gasteiger partial charge in [0.25, 0.3) is 0 Å². The van der Waals surface area contributed by atoms with Gasteiger partial charge in [-0.05, 0) is 111 Å². The van der Waals surface area contributed by atoms with Crippen LogP contribution >= 0.6 is 0 Å². The third-order valence-electron chi connectivity index (χ3n) is 16.7. The summed E-state index contributed by atoms with van der Waals surface area (Å²) in [5.74, 6) is 4.63. The van der Waals surface area contributed by atoms with Gasteiger partial charge in [-0.1, -0.05) is 54.6 Å². The van der Waals surface area contributed by atoms with Crippen molar-refractivity contribution < 1.29 is 41.7 Å². The Morgan fingerprint density at radius 3 is 1.00 bits per heavy atom. The van der Waals surface area contributed by atoms with Crippen LogP contribution in [0.2, 0.25) is 0 Å². The fourth-order valence-electron chi connectivity index (χ4n) is 11.6. The summed E-state index contributed by atoms with van der Waals surface area (Å²) < 4.78 is 70.7. The molecule has 10 heterocycles. The quantitative estimate of drug-likeness (QED) is 0.0631. The Morgan fingerprint density at radius 1 is 0.394 bits per heavy atom. The van der Waals surface area contributed by atoms with Gasteiger partial charge in [0.15, 0.2) is 34.0 Å². The number of ether oxygens (including phenoxy) is 5. The van der Waals surface area contributed by atoms with Crippen LogP contribution in [0.25, 0.3) is 111 Å². The number of benzene rings is 6. The summed E-state index contributed by atoms with van der Waals surface area (Å²) in [6, 6.07) is 43.8. The fraction of sp³-hybridized carbons (Fsp3) is 0.173. The van der Waals surface area contributed by atoms with Gasteiger partial charge in [-0.3, -0.25) is 4.79 Å². The molecule has 0 amide bonds. The van der Waals surface area contributed by atoms with E-state index in [1.165, 1.54) is 67.5 Å². The third-order valence-corrected chi connectivity index (χ3v) is 16.7. The number of nitrogens with zero attached hydrogens (tertiary/aromatic N) is 20. The summed E-state index contributed by atoms with van der Waals surface area (Å²) in [5.41, 5.74) is 42.5. The molecule has 109 heavy (non-hydrogen) atoms. The number of carbonyl (C=O) groups is 1. The van der Waals surface area contributed by atoms with Crippen molar-refractivity contribution in [3.8, 4) is 85.0 Å². The Labute approximate surface area is 619 Å². The number of Topliss-reactive ketones (excluding diaryl/α,β-unsaturated/α-hetero) is 1. The lowest BCUT2D eigenvalue weighted by molar-refractivity contribution is -0.274. The van der Waals surface area contributed by atoms with Crippen molar-refractivity contribution in [2.45, 2.75) is 39.8 Å². The van der Waals surface area contributed by atoms with Crippen LogP contribution in [0.5, 0.6) is 28.7 Å². The predicted molar refractivity (Wildman–Crippen MR) is 407 cm³/mol. The van der Waals surface area contributed by atoms with Crippen molar-refractivity contribution in [1.82, 2.24) is 98.7 Å². The summed E-state index contributed by atoms with van der Waals surface area (Å²) >= 11 is 0. The molecule has 34 heteroatoms. The van der Waals surface area contributed by atoms with E-state index in [2.05, 4.69) is 80.1 Å². The Kier molecular flexibility index (Phi) is 21.7. The first-order valence-electron chi connectivity index (χ1n) is 33.3. The molecule has 0 aliphatic heterocycles. The Morgan fingerprint density at radius 2 is 0.697 bits per heavy atom. The van der Waals surface area contributed by atoms with Gasteiger partial charge in [0.1, 0.15) is 125 Å². The highest BCUT2D eigenvalue weighted by molar-refractivity contribution is 6.02. The minimum absolute atomic E-state index is 0.0327. The highest BCUT2D eigenvalue weighted by Gasteiger charge is 2.31. The van der Waals surface area contributed by atoms with Gasteiger partial charge < -0.3 is 52.4 Å². The van der Waals surface area contributed by atoms with Gasteiger partial charge in [-0.2, -0.15) is 25.5 Å². The Hall–Kier alpha value is -14.5. The number of hydrogen-bond acceptors (Lipinski definition) is 26. The van der Waals surface area contributed by atoms with Gasteiger partial charge >= 0.3 is 6.36 Å². The number of alkyl halides is 3. The maximum absolute atomic E-state index is 12.2. The number of halogens is 3. The second-order valence-electron chi connectivity index (χ2n) is 24.4. The second-order valence-corrected chi connectivity index (χ2v) is 24.4. The average molecular weight is 1480 g/mol. The van der Waals surface area contributed by atoms with Crippen molar-refractivity contribution >= 4 is 90.0 Å². The molecule has 10 aromatic heterocycles. The van der Waals surface area contributed by atoms with Crippen LogP contribution in [-0.2, 0) is 41.8 Å². The summed E-state index contributed by atoms with van der Waals surface area (Å²) in [5, 5.41) is 25.8. The number of carbonyl (C=O) groups excluding carboxylic acids is 1. The SMILES string of the molecule is CC(=O)c1ccc(-c2nn(C)c3ncnc(N)c23)cc1.CC(C)Oc1ccc(-c2nn(C)c3ncnc(N)c23)cc1.COc1cc(OC)cc(-c2nn(C)c3ncnc(N)c23)c1.Cn1nc(-c2ccc(OC(F)(F)F)cc2)c2c(N)ncnc21.Cn1nc(-c2ccc(OCc3ccccc3)cc2)c2c(N)ncnc21. The van der Waals surface area contributed by atoms with Crippen LogP contribution in [0, 0.1) is 0 Å². The van der Waals surface area contributed by atoms with Gasteiger partial charge in [0.2, 0.25) is 0 Å². The number of rotatable bonds is 14. The van der Waals surface area contributed by atoms with E-state index in [0.717, 1.165) is 83.6 Å². The first kappa shape index (κ1) is 74.3. The van der Waals surface area contributed by atoms with Gasteiger partial charge in [-0.25, -0.2) is 73.2 Å². The molecule has 0 saturated heterocycles. The predicted octanol–water partition coefficient (Wildman–Crippen LogP) is 11.5. The number of hydrogen-bond donors (Lipinski definition) is 5.